The SMILES string of the molecule is O=C(c1nnc(-c2ccc(Cl)cc2)o1)N1CCN(c2ncccn2)CC1. The van der Waals surface area contributed by atoms with Crippen LogP contribution >= 0.6 is 11.6 Å². The van der Waals surface area contributed by atoms with Crippen LogP contribution in [0.15, 0.2) is 47.1 Å². The number of halogens is 1. The molecule has 1 amide bonds. The molecule has 1 aliphatic rings. The standard InChI is InChI=1S/C17H15ClN6O2/c18-13-4-2-12(3-5-13)14-21-22-15(26-14)16(25)23-8-10-24(11-9-23)17-19-6-1-7-20-17/h1-7H,8-11H2. The molecule has 0 radical (unpaired) electrons. The maximum atomic E-state index is 12.6. The Morgan fingerprint density at radius 1 is 1.00 bits per heavy atom. The molecule has 4 rings (SSSR count). The van der Waals surface area contributed by atoms with Gasteiger partial charge >= 0.3 is 11.8 Å². The van der Waals surface area contributed by atoms with Crippen molar-refractivity contribution in [3.05, 3.63) is 53.6 Å². The van der Waals surface area contributed by atoms with Crippen molar-refractivity contribution in [1.82, 2.24) is 25.1 Å². The first kappa shape index (κ1) is 16.5. The highest BCUT2D eigenvalue weighted by atomic mass is 35.5. The van der Waals surface area contributed by atoms with Crippen molar-refractivity contribution in [2.75, 3.05) is 31.1 Å². The lowest BCUT2D eigenvalue weighted by atomic mass is 10.2. The minimum absolute atomic E-state index is 0.0145. The van der Waals surface area contributed by atoms with Gasteiger partial charge in [0.2, 0.25) is 11.8 Å². The van der Waals surface area contributed by atoms with Crippen molar-refractivity contribution in [2.45, 2.75) is 0 Å². The fourth-order valence-electron chi connectivity index (χ4n) is 2.72. The topological polar surface area (TPSA) is 88.3 Å². The molecule has 26 heavy (non-hydrogen) atoms. The minimum atomic E-state index is -0.272. The third kappa shape index (κ3) is 3.36. The number of hydrogen-bond acceptors (Lipinski definition) is 7. The van der Waals surface area contributed by atoms with E-state index in [2.05, 4.69) is 20.2 Å². The maximum absolute atomic E-state index is 12.6. The van der Waals surface area contributed by atoms with Crippen LogP contribution in [-0.2, 0) is 0 Å². The summed E-state index contributed by atoms with van der Waals surface area (Å²) in [6, 6.07) is 8.77. The van der Waals surface area contributed by atoms with Crippen LogP contribution in [0.1, 0.15) is 10.7 Å². The molecule has 0 aliphatic carbocycles. The molecule has 0 bridgehead atoms. The second-order valence-corrected chi connectivity index (χ2v) is 6.18. The van der Waals surface area contributed by atoms with Gasteiger partial charge in [-0.25, -0.2) is 9.97 Å². The molecule has 0 unspecified atom stereocenters. The van der Waals surface area contributed by atoms with Crippen molar-refractivity contribution >= 4 is 23.5 Å². The van der Waals surface area contributed by atoms with Crippen molar-refractivity contribution in [3.63, 3.8) is 0 Å². The summed E-state index contributed by atoms with van der Waals surface area (Å²) in [5.74, 6) is 0.675. The third-order valence-corrected chi connectivity index (χ3v) is 4.35. The summed E-state index contributed by atoms with van der Waals surface area (Å²) in [4.78, 5) is 24.8. The van der Waals surface area contributed by atoms with E-state index >= 15 is 0 Å². The number of benzene rings is 1. The molecule has 1 aromatic carbocycles. The Morgan fingerprint density at radius 2 is 1.69 bits per heavy atom. The lowest BCUT2D eigenvalue weighted by Gasteiger charge is -2.33. The van der Waals surface area contributed by atoms with Crippen molar-refractivity contribution in [3.8, 4) is 11.5 Å². The van der Waals surface area contributed by atoms with Gasteiger partial charge in [0.15, 0.2) is 0 Å². The van der Waals surface area contributed by atoms with E-state index in [0.717, 1.165) is 0 Å². The second kappa shape index (κ2) is 7.09. The van der Waals surface area contributed by atoms with Gasteiger partial charge in [-0.05, 0) is 30.3 Å². The number of hydrogen-bond donors (Lipinski definition) is 0. The maximum Gasteiger partial charge on any atom is 0.311 e. The van der Waals surface area contributed by atoms with Crippen LogP contribution in [0.3, 0.4) is 0 Å². The average molecular weight is 371 g/mol. The van der Waals surface area contributed by atoms with Crippen molar-refractivity contribution < 1.29 is 9.21 Å². The summed E-state index contributed by atoms with van der Waals surface area (Å²) in [6.45, 7) is 2.37. The van der Waals surface area contributed by atoms with Crippen LogP contribution in [0.5, 0.6) is 0 Å². The highest BCUT2D eigenvalue weighted by Gasteiger charge is 2.27. The van der Waals surface area contributed by atoms with Crippen LogP contribution in [0.2, 0.25) is 5.02 Å². The number of nitrogens with zero attached hydrogens (tertiary/aromatic N) is 6. The Balaban J connectivity index is 1.42. The van der Waals surface area contributed by atoms with E-state index in [-0.39, 0.29) is 11.8 Å². The van der Waals surface area contributed by atoms with E-state index in [1.165, 1.54) is 0 Å². The number of anilines is 1. The first-order valence-electron chi connectivity index (χ1n) is 8.11. The zero-order chi connectivity index (χ0) is 17.9. The van der Waals surface area contributed by atoms with E-state index in [4.69, 9.17) is 16.0 Å². The first-order chi connectivity index (χ1) is 12.7. The molecule has 3 aromatic rings. The molecule has 1 fully saturated rings. The molecular formula is C17H15ClN6O2. The molecule has 0 atom stereocenters. The first-order valence-corrected chi connectivity index (χ1v) is 8.49. The van der Waals surface area contributed by atoms with Crippen LogP contribution in [0.25, 0.3) is 11.5 Å². The van der Waals surface area contributed by atoms with E-state index < -0.39 is 0 Å². The average Bonchev–Trinajstić information content (AvgIpc) is 3.19. The van der Waals surface area contributed by atoms with Crippen molar-refractivity contribution in [2.24, 2.45) is 0 Å². The minimum Gasteiger partial charge on any atom is -0.412 e. The highest BCUT2D eigenvalue weighted by Crippen LogP contribution is 2.21. The summed E-state index contributed by atoms with van der Waals surface area (Å²) in [5, 5.41) is 8.46. The zero-order valence-corrected chi connectivity index (χ0v) is 14.5. The van der Waals surface area contributed by atoms with Crippen LogP contribution in [0, 0.1) is 0 Å². The lowest BCUT2D eigenvalue weighted by Crippen LogP contribution is -2.49. The van der Waals surface area contributed by atoms with Gasteiger partial charge in [-0.15, -0.1) is 10.2 Å². The van der Waals surface area contributed by atoms with Gasteiger partial charge < -0.3 is 14.2 Å². The monoisotopic (exact) mass is 370 g/mol. The van der Waals surface area contributed by atoms with Gasteiger partial charge in [0.1, 0.15) is 0 Å². The molecular weight excluding hydrogens is 356 g/mol. The molecule has 0 N–H and O–H groups in total. The number of rotatable bonds is 3. The Morgan fingerprint density at radius 3 is 2.38 bits per heavy atom. The molecule has 3 heterocycles. The number of aromatic nitrogens is 4. The molecule has 9 heteroatoms. The van der Waals surface area contributed by atoms with E-state index in [1.807, 2.05) is 4.90 Å². The Hall–Kier alpha value is -3.00. The van der Waals surface area contributed by atoms with E-state index in [9.17, 15) is 4.79 Å². The van der Waals surface area contributed by atoms with Gasteiger partial charge in [-0.2, -0.15) is 0 Å². The smallest absolute Gasteiger partial charge is 0.311 e. The fourth-order valence-corrected chi connectivity index (χ4v) is 2.84. The van der Waals surface area contributed by atoms with Crippen LogP contribution < -0.4 is 4.90 Å². The van der Waals surface area contributed by atoms with Gasteiger partial charge in [-0.3, -0.25) is 4.79 Å². The number of piperazine rings is 1. The molecule has 0 saturated carbocycles. The van der Waals surface area contributed by atoms with E-state index in [0.29, 0.717) is 48.6 Å². The summed E-state index contributed by atoms with van der Waals surface area (Å²) in [5.41, 5.74) is 0.715. The predicted octanol–water partition coefficient (Wildman–Crippen LogP) is 2.14. The van der Waals surface area contributed by atoms with Gasteiger partial charge in [0, 0.05) is 49.2 Å². The molecule has 8 nitrogen and oxygen atoms in total. The van der Waals surface area contributed by atoms with Crippen LogP contribution in [-0.4, -0.2) is 57.2 Å². The number of carbonyl (C=O) groups is 1. The second-order valence-electron chi connectivity index (χ2n) is 5.75. The van der Waals surface area contributed by atoms with E-state index in [1.54, 1.807) is 47.6 Å². The highest BCUT2D eigenvalue weighted by molar-refractivity contribution is 6.30. The largest absolute Gasteiger partial charge is 0.412 e. The number of carbonyl (C=O) groups excluding carboxylic acids is 1. The molecule has 0 spiro atoms. The number of amides is 1. The normalized spacial score (nSPS) is 14.5. The molecule has 1 aliphatic heterocycles. The quantitative estimate of drug-likeness (QED) is 0.697. The van der Waals surface area contributed by atoms with Gasteiger partial charge in [0.25, 0.3) is 0 Å². The molecule has 2 aromatic heterocycles. The van der Waals surface area contributed by atoms with Gasteiger partial charge in [-0.1, -0.05) is 11.6 Å². The third-order valence-electron chi connectivity index (χ3n) is 4.10. The fraction of sp³-hybridized carbons (Fsp3) is 0.235. The Bertz CT molecular complexity index is 891. The van der Waals surface area contributed by atoms with Gasteiger partial charge in [0.05, 0.1) is 0 Å². The van der Waals surface area contributed by atoms with Crippen molar-refractivity contribution in [1.29, 1.82) is 0 Å². The summed E-state index contributed by atoms with van der Waals surface area (Å²) < 4.78 is 5.54. The summed E-state index contributed by atoms with van der Waals surface area (Å²) in [6.07, 6.45) is 3.41. The van der Waals surface area contributed by atoms with Crippen LogP contribution in [0.4, 0.5) is 5.95 Å². The Labute approximate surface area is 154 Å². The lowest BCUT2D eigenvalue weighted by molar-refractivity contribution is 0.0706. The molecule has 1 saturated heterocycles. The summed E-state index contributed by atoms with van der Waals surface area (Å²) >= 11 is 5.87. The molecule has 132 valence electrons. The zero-order valence-electron chi connectivity index (χ0n) is 13.7. The predicted molar refractivity (Wildman–Crippen MR) is 94.9 cm³/mol. The summed E-state index contributed by atoms with van der Waals surface area (Å²) in [7, 11) is 0. The Kier molecular flexibility index (Phi) is 4.49.